The van der Waals surface area contributed by atoms with Crippen LogP contribution in [0.1, 0.15) is 105 Å². The topological polar surface area (TPSA) is 53.1 Å². The number of likely N-dealkylation sites (tertiary alicyclic amines) is 2. The Morgan fingerprint density at radius 1 is 1.00 bits per heavy atom. The van der Waals surface area contributed by atoms with Gasteiger partial charge in [-0.3, -0.25) is 9.69 Å². The van der Waals surface area contributed by atoms with Crippen LogP contribution in [-0.4, -0.2) is 77.6 Å². The summed E-state index contributed by atoms with van der Waals surface area (Å²) in [6.45, 7) is 11.8. The van der Waals surface area contributed by atoms with E-state index in [1.807, 2.05) is 24.0 Å². The zero-order valence-corrected chi connectivity index (χ0v) is 24.8. The molecule has 3 saturated heterocycles. The number of unbranched alkanes of at least 4 members (excludes halogenated alkanes) is 1. The first kappa shape index (κ1) is 28.4. The average molecular weight is 538 g/mol. The molecule has 2 amide bonds. The number of nitrogens with zero attached hydrogens (tertiary/aromatic N) is 3. The van der Waals surface area contributed by atoms with E-state index in [2.05, 4.69) is 29.7 Å². The highest BCUT2D eigenvalue weighted by molar-refractivity contribution is 5.95. The largest absolute Gasteiger partial charge is 0.442 e. The summed E-state index contributed by atoms with van der Waals surface area (Å²) in [7, 11) is 0. The van der Waals surface area contributed by atoms with Crippen LogP contribution in [0.15, 0.2) is 18.2 Å². The lowest BCUT2D eigenvalue weighted by Gasteiger charge is -2.52. The monoisotopic (exact) mass is 537 g/mol. The van der Waals surface area contributed by atoms with Gasteiger partial charge in [0.2, 0.25) is 0 Å². The molecule has 6 heteroatoms. The molecule has 1 unspecified atom stereocenters. The molecule has 1 aromatic rings. The molecule has 0 radical (unpaired) electrons. The Morgan fingerprint density at radius 2 is 1.72 bits per heavy atom. The van der Waals surface area contributed by atoms with E-state index in [1.165, 1.54) is 50.5 Å². The molecule has 4 fully saturated rings. The Bertz CT molecular complexity index is 988. The van der Waals surface area contributed by atoms with E-state index in [4.69, 9.17) is 4.74 Å². The number of carbonyl (C=O) groups is 2. The fraction of sp³-hybridized carbons (Fsp3) is 0.758. The lowest BCUT2D eigenvalue weighted by atomic mass is 9.75. The van der Waals surface area contributed by atoms with Crippen molar-refractivity contribution in [3.63, 3.8) is 0 Å². The molecule has 216 valence electrons. The summed E-state index contributed by atoms with van der Waals surface area (Å²) in [5, 5.41) is 0. The van der Waals surface area contributed by atoms with E-state index in [1.54, 1.807) is 0 Å². The number of ether oxygens (including phenoxy) is 1. The molecule has 6 nitrogen and oxygen atoms in total. The molecule has 1 aliphatic carbocycles. The molecule has 3 aliphatic heterocycles. The second kappa shape index (κ2) is 12.6. The highest BCUT2D eigenvalue weighted by Gasteiger charge is 2.50. The van der Waals surface area contributed by atoms with Crippen LogP contribution in [-0.2, 0) is 4.74 Å². The van der Waals surface area contributed by atoms with Crippen molar-refractivity contribution >= 4 is 12.0 Å². The molecule has 1 spiro atoms. The van der Waals surface area contributed by atoms with Crippen LogP contribution in [0.3, 0.4) is 0 Å². The van der Waals surface area contributed by atoms with Crippen molar-refractivity contribution in [2.75, 3.05) is 39.3 Å². The molecule has 5 rings (SSSR count). The van der Waals surface area contributed by atoms with E-state index in [0.29, 0.717) is 17.9 Å². The van der Waals surface area contributed by atoms with Crippen molar-refractivity contribution in [1.29, 1.82) is 0 Å². The van der Waals surface area contributed by atoms with Gasteiger partial charge in [-0.15, -0.1) is 0 Å². The number of hydrogen-bond donors (Lipinski definition) is 0. The minimum atomic E-state index is -0.286. The number of hydrogen-bond acceptors (Lipinski definition) is 4. The molecule has 39 heavy (non-hydrogen) atoms. The lowest BCUT2D eigenvalue weighted by molar-refractivity contribution is -0.127. The maximum absolute atomic E-state index is 13.3. The summed E-state index contributed by atoms with van der Waals surface area (Å²) in [4.78, 5) is 33.2. The maximum Gasteiger partial charge on any atom is 0.410 e. The lowest BCUT2D eigenvalue weighted by Crippen LogP contribution is -2.61. The van der Waals surface area contributed by atoms with Gasteiger partial charge in [-0.25, -0.2) is 4.79 Å². The summed E-state index contributed by atoms with van der Waals surface area (Å²) in [5.41, 5.74) is 2.82. The number of rotatable bonds is 7. The van der Waals surface area contributed by atoms with Crippen molar-refractivity contribution < 1.29 is 14.3 Å². The van der Waals surface area contributed by atoms with Gasteiger partial charge in [-0.1, -0.05) is 56.7 Å². The molecule has 3 heterocycles. The van der Waals surface area contributed by atoms with Crippen molar-refractivity contribution in [3.05, 3.63) is 34.9 Å². The van der Waals surface area contributed by atoms with Gasteiger partial charge >= 0.3 is 6.09 Å². The third-order valence-electron chi connectivity index (χ3n) is 10.4. The van der Waals surface area contributed by atoms with Crippen molar-refractivity contribution in [3.8, 4) is 0 Å². The van der Waals surface area contributed by atoms with Crippen LogP contribution in [0.4, 0.5) is 4.79 Å². The Hall–Kier alpha value is -2.08. The van der Waals surface area contributed by atoms with Gasteiger partial charge in [0.15, 0.2) is 0 Å². The van der Waals surface area contributed by atoms with Crippen LogP contribution in [0.25, 0.3) is 0 Å². The van der Waals surface area contributed by atoms with Gasteiger partial charge in [0.05, 0.1) is 0 Å². The van der Waals surface area contributed by atoms with E-state index in [0.717, 1.165) is 82.5 Å². The highest BCUT2D eigenvalue weighted by atomic mass is 16.6. The first-order chi connectivity index (χ1) is 18.9. The second-order valence-electron chi connectivity index (χ2n) is 13.1. The van der Waals surface area contributed by atoms with Gasteiger partial charge in [0.25, 0.3) is 5.91 Å². The average Bonchev–Trinajstić information content (AvgIpc) is 2.95. The number of benzene rings is 1. The van der Waals surface area contributed by atoms with Crippen LogP contribution >= 0.6 is 0 Å². The van der Waals surface area contributed by atoms with Crippen molar-refractivity contribution in [1.82, 2.24) is 14.7 Å². The predicted octanol–water partition coefficient (Wildman–Crippen LogP) is 6.58. The number of aryl methyl sites for hydroxylation is 2. The van der Waals surface area contributed by atoms with Gasteiger partial charge in [-0.05, 0) is 63.5 Å². The van der Waals surface area contributed by atoms with Gasteiger partial charge in [0, 0.05) is 69.6 Å². The smallest absolute Gasteiger partial charge is 0.410 e. The van der Waals surface area contributed by atoms with Crippen LogP contribution < -0.4 is 0 Å². The molecule has 0 bridgehead atoms. The third kappa shape index (κ3) is 6.47. The minimum Gasteiger partial charge on any atom is -0.442 e. The van der Waals surface area contributed by atoms with E-state index in [9.17, 15) is 9.59 Å². The fourth-order valence-electron chi connectivity index (χ4n) is 7.90. The zero-order chi connectivity index (χ0) is 27.4. The highest BCUT2D eigenvalue weighted by Crippen LogP contribution is 2.42. The fourth-order valence-corrected chi connectivity index (χ4v) is 7.90. The molecule has 1 aromatic carbocycles. The van der Waals surface area contributed by atoms with Crippen molar-refractivity contribution in [2.45, 2.75) is 109 Å². The summed E-state index contributed by atoms with van der Waals surface area (Å²) < 4.78 is 6.44. The summed E-state index contributed by atoms with van der Waals surface area (Å²) >= 11 is 0. The third-order valence-corrected chi connectivity index (χ3v) is 10.4. The molecular weight excluding hydrogens is 486 g/mol. The SMILES string of the molecule is CCCCC1CN(CC2CCCCC2)C(=O)OC12CCN(C1CCN(C(=O)c3ccc(C)cc3C)CC1)CC2. The maximum atomic E-state index is 13.3. The minimum absolute atomic E-state index is 0.0556. The molecule has 4 aliphatic rings. The number of carbonyl (C=O) groups excluding carboxylic acids is 2. The molecule has 1 atom stereocenters. The summed E-state index contributed by atoms with van der Waals surface area (Å²) in [6, 6.07) is 6.64. The summed E-state index contributed by atoms with van der Waals surface area (Å²) in [5.74, 6) is 1.27. The molecule has 1 saturated carbocycles. The first-order valence-electron chi connectivity index (χ1n) is 16.0. The summed E-state index contributed by atoms with van der Waals surface area (Å²) in [6.07, 6.45) is 13.9. The predicted molar refractivity (Wildman–Crippen MR) is 156 cm³/mol. The standard InChI is InChI=1S/C33H51N3O3/c1-4-5-11-28-24-36(23-27-9-7-6-8-10-27)32(38)39-33(28)16-20-34(21-17-33)29-14-18-35(19-15-29)31(37)30-13-12-25(2)22-26(30)3/h12-13,22,27-29H,4-11,14-21,23-24H2,1-3H3. The Kier molecular flexibility index (Phi) is 9.20. The Labute approximate surface area is 236 Å². The number of piperidine rings is 2. The quantitative estimate of drug-likeness (QED) is 0.394. The Balaban J connectivity index is 1.15. The molecule has 0 aromatic heterocycles. The van der Waals surface area contributed by atoms with Gasteiger partial charge in [0.1, 0.15) is 5.60 Å². The van der Waals surface area contributed by atoms with Gasteiger partial charge < -0.3 is 14.5 Å². The Morgan fingerprint density at radius 3 is 2.38 bits per heavy atom. The normalized spacial score (nSPS) is 25.2. The molecule has 0 N–H and O–H groups in total. The zero-order valence-electron chi connectivity index (χ0n) is 24.8. The second-order valence-corrected chi connectivity index (χ2v) is 13.1. The number of amides is 2. The van der Waals surface area contributed by atoms with Gasteiger partial charge in [-0.2, -0.15) is 0 Å². The van der Waals surface area contributed by atoms with E-state index in [-0.39, 0.29) is 17.6 Å². The first-order valence-corrected chi connectivity index (χ1v) is 16.0. The van der Waals surface area contributed by atoms with Crippen LogP contribution in [0, 0.1) is 25.7 Å². The van der Waals surface area contributed by atoms with E-state index < -0.39 is 0 Å². The van der Waals surface area contributed by atoms with Crippen LogP contribution in [0.5, 0.6) is 0 Å². The molecular formula is C33H51N3O3. The van der Waals surface area contributed by atoms with E-state index >= 15 is 0 Å². The van der Waals surface area contributed by atoms with Crippen LogP contribution in [0.2, 0.25) is 0 Å². The van der Waals surface area contributed by atoms with Crippen molar-refractivity contribution in [2.24, 2.45) is 11.8 Å².